The monoisotopic (exact) mass is 291 g/mol. The van der Waals surface area contributed by atoms with Gasteiger partial charge in [-0.15, -0.1) is 0 Å². The zero-order valence-corrected chi connectivity index (χ0v) is 13.9. The number of hydrogen-bond donors (Lipinski definition) is 0. The van der Waals surface area contributed by atoms with Gasteiger partial charge in [0.15, 0.2) is 0 Å². The maximum atomic E-state index is 6.09. The normalized spacial score (nSPS) is 31.0. The smallest absolute Gasteiger partial charge is 0.118 e. The molecule has 0 aromatic rings. The summed E-state index contributed by atoms with van der Waals surface area (Å²) in [5.74, 6) is 1.16. The highest BCUT2D eigenvalue weighted by molar-refractivity contribution is 7.82. The summed E-state index contributed by atoms with van der Waals surface area (Å²) in [6.45, 7) is 8.58. The summed E-state index contributed by atoms with van der Waals surface area (Å²) in [6.07, 6.45) is 7.57. The van der Waals surface area contributed by atoms with Crippen LogP contribution in [0, 0.1) is 0 Å². The fourth-order valence-corrected chi connectivity index (χ4v) is 7.97. The summed E-state index contributed by atoms with van der Waals surface area (Å²) in [4.78, 5) is 0. The molecule has 1 aliphatic carbocycles. The minimum atomic E-state index is -0.356. The van der Waals surface area contributed by atoms with Crippen LogP contribution in [0.2, 0.25) is 0 Å². The average Bonchev–Trinajstić information content (AvgIpc) is 2.27. The minimum absolute atomic E-state index is 0.346. The molecule has 5 heteroatoms. The van der Waals surface area contributed by atoms with E-state index in [1.807, 2.05) is 0 Å². The average molecular weight is 291 g/mol. The van der Waals surface area contributed by atoms with Crippen molar-refractivity contribution in [2.24, 2.45) is 0 Å². The first-order valence-corrected chi connectivity index (χ1v) is 10.0. The molecule has 0 spiro atoms. The lowest BCUT2D eigenvalue weighted by Gasteiger charge is -2.51. The lowest BCUT2D eigenvalue weighted by molar-refractivity contribution is 0.205. The van der Waals surface area contributed by atoms with Gasteiger partial charge in [-0.3, -0.25) is 0 Å². The van der Waals surface area contributed by atoms with E-state index in [-0.39, 0.29) is 16.6 Å². The molecule has 3 nitrogen and oxygen atoms in total. The van der Waals surface area contributed by atoms with Crippen molar-refractivity contribution < 1.29 is 9.05 Å². The Kier molecular flexibility index (Phi) is 5.85. The van der Waals surface area contributed by atoms with Gasteiger partial charge in [0.25, 0.3) is 0 Å². The molecule has 0 radical (unpaired) electrons. The van der Waals surface area contributed by atoms with Crippen LogP contribution in [0.3, 0.4) is 0 Å². The topological polar surface area (TPSA) is 21.7 Å². The molecule has 1 saturated heterocycles. The Morgan fingerprint density at radius 3 is 1.83 bits per heavy atom. The lowest BCUT2D eigenvalue weighted by Crippen LogP contribution is -2.38. The van der Waals surface area contributed by atoms with Crippen molar-refractivity contribution in [1.82, 2.24) is 4.44 Å². The van der Waals surface area contributed by atoms with E-state index in [1.165, 1.54) is 32.1 Å². The summed E-state index contributed by atoms with van der Waals surface area (Å²) in [5.41, 5.74) is 0. The third-order valence-corrected chi connectivity index (χ3v) is 9.30. The van der Waals surface area contributed by atoms with Gasteiger partial charge in [0, 0.05) is 6.04 Å². The van der Waals surface area contributed by atoms with Crippen LogP contribution in [0.25, 0.3) is 0 Å². The lowest BCUT2D eigenvalue weighted by atomic mass is 9.96. The molecule has 2 unspecified atom stereocenters. The van der Waals surface area contributed by atoms with Crippen LogP contribution in [0.1, 0.15) is 59.8 Å². The van der Waals surface area contributed by atoms with Gasteiger partial charge >= 0.3 is 0 Å². The van der Waals surface area contributed by atoms with Crippen molar-refractivity contribution in [2.45, 2.75) is 78.0 Å². The predicted octanol–water partition coefficient (Wildman–Crippen LogP) is 5.07. The van der Waals surface area contributed by atoms with E-state index in [0.717, 1.165) is 11.9 Å². The van der Waals surface area contributed by atoms with E-state index in [1.54, 1.807) is 0 Å². The van der Waals surface area contributed by atoms with Crippen LogP contribution in [0.4, 0.5) is 0 Å². The Morgan fingerprint density at radius 2 is 1.39 bits per heavy atom. The molecule has 0 N–H and O–H groups in total. The number of rotatable bonds is 5. The highest BCUT2D eigenvalue weighted by Crippen LogP contribution is 2.75. The zero-order chi connectivity index (χ0) is 13.1. The van der Waals surface area contributed by atoms with Crippen molar-refractivity contribution in [2.75, 3.05) is 5.90 Å². The number of hydrogen-bond acceptors (Lipinski definition) is 3. The molecule has 2 atom stereocenters. The first kappa shape index (κ1) is 15.1. The van der Waals surface area contributed by atoms with Crippen molar-refractivity contribution >= 4 is 16.6 Å². The Labute approximate surface area is 114 Å². The summed E-state index contributed by atoms with van der Waals surface area (Å²) < 4.78 is 14.8. The van der Waals surface area contributed by atoms with Gasteiger partial charge in [0.2, 0.25) is 0 Å². The fourth-order valence-electron chi connectivity index (χ4n) is 2.60. The van der Waals surface area contributed by atoms with Crippen molar-refractivity contribution in [3.63, 3.8) is 0 Å². The van der Waals surface area contributed by atoms with Crippen LogP contribution < -0.4 is 0 Å². The van der Waals surface area contributed by atoms with E-state index >= 15 is 0 Å². The molecule has 1 aliphatic heterocycles. The van der Waals surface area contributed by atoms with Crippen molar-refractivity contribution in [3.8, 4) is 0 Å². The van der Waals surface area contributed by atoms with E-state index in [4.69, 9.17) is 9.05 Å². The van der Waals surface area contributed by atoms with Crippen LogP contribution in [0.15, 0.2) is 0 Å². The molecule has 1 heterocycles. The third kappa shape index (κ3) is 3.87. The number of nitrogens with zero attached hydrogens (tertiary/aromatic N) is 1. The van der Waals surface area contributed by atoms with E-state index in [9.17, 15) is 0 Å². The minimum Gasteiger partial charge on any atom is -0.340 e. The summed E-state index contributed by atoms with van der Waals surface area (Å²) in [6, 6.07) is 0.738. The second-order valence-electron chi connectivity index (χ2n) is 5.77. The SMILES string of the molecule is CC(C)OP1CP(OC(C)C)N1C1CCCCC1. The largest absolute Gasteiger partial charge is 0.340 e. The predicted molar refractivity (Wildman–Crippen MR) is 79.9 cm³/mol. The Balaban J connectivity index is 1.93. The van der Waals surface area contributed by atoms with Gasteiger partial charge in [0.1, 0.15) is 16.6 Å². The first-order valence-electron chi connectivity index (χ1n) is 7.25. The van der Waals surface area contributed by atoms with Gasteiger partial charge in [-0.25, -0.2) is 4.44 Å². The van der Waals surface area contributed by atoms with Crippen LogP contribution >= 0.6 is 16.6 Å². The van der Waals surface area contributed by atoms with Crippen molar-refractivity contribution in [3.05, 3.63) is 0 Å². The second-order valence-corrected chi connectivity index (χ2v) is 9.91. The molecule has 2 fully saturated rings. The maximum Gasteiger partial charge on any atom is 0.118 e. The third-order valence-electron chi connectivity index (χ3n) is 3.27. The molecule has 2 aliphatic rings. The molecule has 0 aromatic carbocycles. The van der Waals surface area contributed by atoms with Gasteiger partial charge < -0.3 is 9.05 Å². The second kappa shape index (κ2) is 6.95. The van der Waals surface area contributed by atoms with Crippen LogP contribution in [-0.2, 0) is 9.05 Å². The molecule has 0 bridgehead atoms. The maximum absolute atomic E-state index is 6.09. The van der Waals surface area contributed by atoms with Crippen LogP contribution in [0.5, 0.6) is 0 Å². The highest BCUT2D eigenvalue weighted by atomic mass is 31.3. The molecule has 106 valence electrons. The Morgan fingerprint density at radius 1 is 0.889 bits per heavy atom. The molecular formula is C13H27NO2P2. The standard InChI is InChI=1S/C13H27NO2P2/c1-11(2)15-17-10-18(16-12(3)4)14(17)13-8-6-5-7-9-13/h11-13H,5-10H2,1-4H3. The summed E-state index contributed by atoms with van der Waals surface area (Å²) in [5, 5.41) is 0. The molecular weight excluding hydrogens is 264 g/mol. The van der Waals surface area contributed by atoms with Gasteiger partial charge in [-0.2, -0.15) is 0 Å². The first-order chi connectivity index (χ1) is 8.58. The van der Waals surface area contributed by atoms with Crippen molar-refractivity contribution in [1.29, 1.82) is 0 Å². The van der Waals surface area contributed by atoms with Gasteiger partial charge in [-0.05, 0) is 40.5 Å². The van der Waals surface area contributed by atoms with Gasteiger partial charge in [0.05, 0.1) is 18.1 Å². The molecule has 1 saturated carbocycles. The Bertz CT molecular complexity index is 241. The van der Waals surface area contributed by atoms with Crippen LogP contribution in [-0.4, -0.2) is 28.6 Å². The molecule has 18 heavy (non-hydrogen) atoms. The molecule has 0 aromatic heterocycles. The van der Waals surface area contributed by atoms with E-state index < -0.39 is 0 Å². The molecule has 2 rings (SSSR count). The molecule has 0 amide bonds. The Hall–Kier alpha value is 0.740. The summed E-state index contributed by atoms with van der Waals surface area (Å²) >= 11 is 0. The van der Waals surface area contributed by atoms with Gasteiger partial charge in [-0.1, -0.05) is 19.3 Å². The van der Waals surface area contributed by atoms with E-state index in [0.29, 0.717) is 12.2 Å². The summed E-state index contributed by atoms with van der Waals surface area (Å²) in [7, 11) is -0.713. The highest BCUT2D eigenvalue weighted by Gasteiger charge is 2.46. The van der Waals surface area contributed by atoms with E-state index in [2.05, 4.69) is 32.1 Å². The quantitative estimate of drug-likeness (QED) is 0.660. The zero-order valence-electron chi connectivity index (χ0n) is 12.1. The fraction of sp³-hybridized carbons (Fsp3) is 1.00.